The lowest BCUT2D eigenvalue weighted by molar-refractivity contribution is 0.506. The molecule has 3 aliphatic rings. The molecular formula is C26H17Cl4N5. The molecule has 0 unspecified atom stereocenters. The highest BCUT2D eigenvalue weighted by Crippen LogP contribution is 2.41. The summed E-state index contributed by atoms with van der Waals surface area (Å²) in [6, 6.07) is 7.71. The van der Waals surface area contributed by atoms with Gasteiger partial charge in [0.2, 0.25) is 0 Å². The summed E-state index contributed by atoms with van der Waals surface area (Å²) < 4.78 is 1.38. The van der Waals surface area contributed by atoms with E-state index in [1.54, 1.807) is 6.07 Å². The number of nitrogens with zero attached hydrogens (tertiary/aromatic N) is 4. The molecule has 174 valence electrons. The first-order valence-electron chi connectivity index (χ1n) is 10.8. The molecule has 0 atom stereocenters. The Morgan fingerprint density at radius 2 is 1.46 bits per heavy atom. The van der Waals surface area contributed by atoms with Gasteiger partial charge in [-0.3, -0.25) is 0 Å². The van der Waals surface area contributed by atoms with E-state index in [9.17, 15) is 0 Å². The highest BCUT2D eigenvalue weighted by molar-refractivity contribution is 6.51. The minimum Gasteiger partial charge on any atom is -0.377 e. The molecule has 6 heterocycles. The number of hydrogen-bond donors (Lipinski definition) is 1. The molecule has 1 N–H and O–H groups in total. The summed E-state index contributed by atoms with van der Waals surface area (Å²) in [7, 11) is 2.02. The van der Waals surface area contributed by atoms with Crippen molar-refractivity contribution in [2.75, 3.05) is 13.6 Å². The fourth-order valence-corrected chi connectivity index (χ4v) is 5.54. The maximum atomic E-state index is 7.00. The quantitative estimate of drug-likeness (QED) is 0.235. The van der Waals surface area contributed by atoms with E-state index in [1.165, 1.54) is 4.09 Å². The number of allylic oxidation sites excluding steroid dienone is 2. The van der Waals surface area contributed by atoms with Crippen molar-refractivity contribution in [1.82, 2.24) is 23.9 Å². The van der Waals surface area contributed by atoms with Crippen molar-refractivity contribution < 1.29 is 0 Å². The maximum Gasteiger partial charge on any atom is 0.0991 e. The molecule has 6 rings (SSSR count). The molecule has 3 aromatic heterocycles. The Hall–Kier alpha value is -2.96. The lowest BCUT2D eigenvalue weighted by atomic mass is 10.0. The third-order valence-corrected chi connectivity index (χ3v) is 7.53. The number of rotatable bonds is 1. The van der Waals surface area contributed by atoms with Gasteiger partial charge in [-0.2, -0.15) is 0 Å². The molecule has 9 heteroatoms. The molecule has 0 spiro atoms. The molecule has 3 aliphatic heterocycles. The maximum absolute atomic E-state index is 7.00. The van der Waals surface area contributed by atoms with Crippen molar-refractivity contribution in [1.29, 1.82) is 0 Å². The molecule has 0 aromatic carbocycles. The van der Waals surface area contributed by atoms with Crippen LogP contribution in [0.1, 0.15) is 28.3 Å². The standard InChI is InChI=1S/C26H17Cl4N5/c1-34-8-6-14(7-9-34)20-12-19-11-17-3-2-15(31-17)10-16-4-5-18(32-16)13-21-22(27)23(28)26(35(21)30)24(29)25(20)33-19/h2-8,10-13,33H,9H2,1H3. The first kappa shape index (κ1) is 22.5. The fraction of sp³-hybridized carbons (Fsp3) is 0.0769. The van der Waals surface area contributed by atoms with E-state index in [-0.39, 0.29) is 5.02 Å². The Bertz CT molecular complexity index is 1690. The van der Waals surface area contributed by atoms with Crippen LogP contribution in [-0.2, 0) is 0 Å². The summed E-state index contributed by atoms with van der Waals surface area (Å²) >= 11 is 27.0. The number of hydrogen-bond acceptors (Lipinski definition) is 3. The van der Waals surface area contributed by atoms with Gasteiger partial charge in [0.15, 0.2) is 0 Å². The van der Waals surface area contributed by atoms with Gasteiger partial charge in [-0.15, -0.1) is 0 Å². The number of H-pyrrole nitrogens is 1. The molecule has 35 heavy (non-hydrogen) atoms. The lowest BCUT2D eigenvalue weighted by Gasteiger charge is -2.16. The van der Waals surface area contributed by atoms with E-state index in [2.05, 4.69) is 20.9 Å². The molecule has 0 aliphatic carbocycles. The average molecular weight is 541 g/mol. The van der Waals surface area contributed by atoms with Crippen LogP contribution in [0.25, 0.3) is 51.9 Å². The predicted octanol–water partition coefficient (Wildman–Crippen LogP) is 7.93. The third kappa shape index (κ3) is 3.99. The summed E-state index contributed by atoms with van der Waals surface area (Å²) in [5, 5.41) is 0.913. The van der Waals surface area contributed by atoms with E-state index < -0.39 is 0 Å². The zero-order valence-corrected chi connectivity index (χ0v) is 21.4. The van der Waals surface area contributed by atoms with E-state index in [1.807, 2.05) is 61.8 Å². The van der Waals surface area contributed by atoms with Crippen molar-refractivity contribution in [3.8, 4) is 0 Å². The molecule has 8 bridgehead atoms. The van der Waals surface area contributed by atoms with E-state index in [4.69, 9.17) is 51.6 Å². The number of aromatic amines is 1. The van der Waals surface area contributed by atoms with Crippen molar-refractivity contribution >= 4 is 98.5 Å². The van der Waals surface area contributed by atoms with Crippen LogP contribution < -0.4 is 0 Å². The summed E-state index contributed by atoms with van der Waals surface area (Å²) in [5.41, 5.74) is 7.47. The Kier molecular flexibility index (Phi) is 5.53. The predicted molar refractivity (Wildman–Crippen MR) is 149 cm³/mol. The number of halogens is 4. The summed E-state index contributed by atoms with van der Waals surface area (Å²) in [5.74, 6) is 0. The molecule has 0 fully saturated rings. The van der Waals surface area contributed by atoms with Crippen molar-refractivity contribution in [3.63, 3.8) is 0 Å². The zero-order valence-electron chi connectivity index (χ0n) is 18.4. The Morgan fingerprint density at radius 1 is 0.800 bits per heavy atom. The Balaban J connectivity index is 1.76. The van der Waals surface area contributed by atoms with Gasteiger partial charge in [-0.25, -0.2) is 14.1 Å². The molecule has 0 saturated heterocycles. The first-order valence-corrected chi connectivity index (χ1v) is 12.3. The van der Waals surface area contributed by atoms with Crippen molar-refractivity contribution in [3.05, 3.63) is 86.0 Å². The topological polar surface area (TPSA) is 49.7 Å². The Morgan fingerprint density at radius 3 is 2.11 bits per heavy atom. The van der Waals surface area contributed by atoms with Crippen LogP contribution in [0, 0.1) is 0 Å². The minimum atomic E-state index is 0.265. The van der Waals surface area contributed by atoms with Crippen LogP contribution >= 0.6 is 46.6 Å². The minimum absolute atomic E-state index is 0.265. The van der Waals surface area contributed by atoms with Gasteiger partial charge in [0.05, 0.1) is 54.4 Å². The number of likely N-dealkylation sites (N-methyl/N-ethyl adjacent to an activating group) is 1. The van der Waals surface area contributed by atoms with Gasteiger partial charge in [0.1, 0.15) is 0 Å². The monoisotopic (exact) mass is 539 g/mol. The van der Waals surface area contributed by atoms with Gasteiger partial charge < -0.3 is 9.88 Å². The van der Waals surface area contributed by atoms with Crippen LogP contribution in [0.4, 0.5) is 0 Å². The summed E-state index contributed by atoms with van der Waals surface area (Å²) in [4.78, 5) is 14.9. The smallest absolute Gasteiger partial charge is 0.0991 e. The molecule has 0 amide bonds. The number of nitrogens with one attached hydrogen (secondary N) is 1. The van der Waals surface area contributed by atoms with Crippen LogP contribution in [0.2, 0.25) is 15.1 Å². The Labute approximate surface area is 221 Å². The van der Waals surface area contributed by atoms with Gasteiger partial charge in [0, 0.05) is 36.4 Å². The van der Waals surface area contributed by atoms with Crippen molar-refractivity contribution in [2.45, 2.75) is 0 Å². The summed E-state index contributed by atoms with van der Waals surface area (Å²) in [6.07, 6.45) is 13.9. The zero-order chi connectivity index (χ0) is 24.3. The van der Waals surface area contributed by atoms with Crippen LogP contribution in [0.15, 0.2) is 42.6 Å². The summed E-state index contributed by atoms with van der Waals surface area (Å²) in [6.45, 7) is 0.781. The molecule has 0 saturated carbocycles. The second-order valence-electron chi connectivity index (χ2n) is 8.41. The second-order valence-corrected chi connectivity index (χ2v) is 9.88. The van der Waals surface area contributed by atoms with Gasteiger partial charge in [-0.05, 0) is 66.4 Å². The highest BCUT2D eigenvalue weighted by atomic mass is 35.5. The molecule has 0 radical (unpaired) electrons. The van der Waals surface area contributed by atoms with E-state index >= 15 is 0 Å². The van der Waals surface area contributed by atoms with Crippen molar-refractivity contribution in [2.24, 2.45) is 0 Å². The normalized spacial score (nSPS) is 14.7. The van der Waals surface area contributed by atoms with Crippen LogP contribution in [0.5, 0.6) is 0 Å². The van der Waals surface area contributed by atoms with Crippen LogP contribution in [0.3, 0.4) is 0 Å². The SMILES string of the molecule is CN1C=CC(c2cc3cc4nc(cc5nc(cc6c(Cl)c(Cl)c(c(Cl)c2[nH]3)n6Cl)C=C5)C=C4)=CC1. The van der Waals surface area contributed by atoms with Gasteiger partial charge >= 0.3 is 0 Å². The van der Waals surface area contributed by atoms with Gasteiger partial charge in [0.25, 0.3) is 0 Å². The largest absolute Gasteiger partial charge is 0.377 e. The first-order chi connectivity index (χ1) is 16.9. The lowest BCUT2D eigenvalue weighted by Crippen LogP contribution is -2.13. The van der Waals surface area contributed by atoms with Crippen LogP contribution in [-0.4, -0.2) is 37.5 Å². The highest BCUT2D eigenvalue weighted by Gasteiger charge is 2.19. The van der Waals surface area contributed by atoms with Gasteiger partial charge in [-0.1, -0.05) is 40.9 Å². The van der Waals surface area contributed by atoms with E-state index in [0.717, 1.165) is 40.3 Å². The second kappa shape index (κ2) is 8.61. The van der Waals surface area contributed by atoms with E-state index in [0.29, 0.717) is 32.3 Å². The average Bonchev–Trinajstić information content (AvgIpc) is 3.60. The fourth-order valence-electron chi connectivity index (χ4n) is 4.22. The number of fused-ring (bicyclic) bond motifs is 8. The molecule has 3 aromatic rings. The molecular weight excluding hydrogens is 524 g/mol. The number of aromatic nitrogens is 4. The molecule has 5 nitrogen and oxygen atoms in total. The third-order valence-electron chi connectivity index (χ3n) is 5.97.